The van der Waals surface area contributed by atoms with E-state index in [9.17, 15) is 4.79 Å². The van der Waals surface area contributed by atoms with Gasteiger partial charge in [0.15, 0.2) is 0 Å². The number of piperidine rings is 1. The van der Waals surface area contributed by atoms with Gasteiger partial charge in [0.25, 0.3) is 5.91 Å². The van der Waals surface area contributed by atoms with E-state index in [0.29, 0.717) is 23.7 Å². The third kappa shape index (κ3) is 5.06. The van der Waals surface area contributed by atoms with E-state index in [1.165, 1.54) is 16.8 Å². The number of carbonyl (C=O) groups excluding carboxylic acids is 1. The van der Waals surface area contributed by atoms with Crippen LogP contribution >= 0.6 is 24.0 Å². The normalized spacial score (nSPS) is 16.8. The molecule has 0 spiro atoms. The van der Waals surface area contributed by atoms with Crippen LogP contribution in [-0.2, 0) is 0 Å². The zero-order valence-corrected chi connectivity index (χ0v) is 21.9. The number of para-hydroxylation sites is 1. The van der Waals surface area contributed by atoms with Gasteiger partial charge in [-0.3, -0.25) is 4.79 Å². The van der Waals surface area contributed by atoms with Crippen molar-refractivity contribution in [3.8, 4) is 5.69 Å². The molecule has 3 aromatic rings. The molecule has 0 atom stereocenters. The van der Waals surface area contributed by atoms with E-state index >= 15 is 0 Å². The molecule has 2 aromatic carbocycles. The molecule has 0 bridgehead atoms. The molecule has 0 unspecified atom stereocenters. The van der Waals surface area contributed by atoms with Gasteiger partial charge in [0, 0.05) is 37.8 Å². The van der Waals surface area contributed by atoms with Crippen LogP contribution in [0.3, 0.4) is 0 Å². The van der Waals surface area contributed by atoms with Crippen molar-refractivity contribution in [2.75, 3.05) is 44.2 Å². The molecule has 2 aliphatic heterocycles. The van der Waals surface area contributed by atoms with Crippen LogP contribution in [0.1, 0.15) is 45.9 Å². The number of anilines is 1. The van der Waals surface area contributed by atoms with Crippen LogP contribution in [-0.4, -0.2) is 59.9 Å². The molecule has 0 aliphatic carbocycles. The lowest BCUT2D eigenvalue weighted by Gasteiger charge is -2.37. The van der Waals surface area contributed by atoms with Crippen LogP contribution in [0, 0.1) is 13.8 Å². The van der Waals surface area contributed by atoms with Gasteiger partial charge in [-0.1, -0.05) is 35.9 Å². The second-order valence-electron chi connectivity index (χ2n) is 9.33. The molecule has 2 saturated heterocycles. The van der Waals surface area contributed by atoms with Crippen LogP contribution in [0.25, 0.3) is 5.69 Å². The summed E-state index contributed by atoms with van der Waals surface area (Å²) in [4.78, 5) is 18.1. The number of halogens is 2. The van der Waals surface area contributed by atoms with E-state index < -0.39 is 0 Å². The molecule has 0 saturated carbocycles. The topological polar surface area (TPSA) is 53.4 Å². The van der Waals surface area contributed by atoms with Crippen LogP contribution in [0.5, 0.6) is 0 Å². The number of nitrogens with one attached hydrogen (secondary N) is 1. The Balaban J connectivity index is 0.00000289. The van der Waals surface area contributed by atoms with Crippen molar-refractivity contribution < 1.29 is 4.79 Å². The predicted octanol–water partition coefficient (Wildman–Crippen LogP) is 4.99. The van der Waals surface area contributed by atoms with Crippen molar-refractivity contribution in [2.45, 2.75) is 32.6 Å². The third-order valence-corrected chi connectivity index (χ3v) is 7.65. The number of hydrogen-bond acceptors (Lipinski definition) is 4. The fraction of sp³-hybridized carbons (Fsp3) is 0.407. The fourth-order valence-electron chi connectivity index (χ4n) is 5.23. The molecule has 6 nitrogen and oxygen atoms in total. The summed E-state index contributed by atoms with van der Waals surface area (Å²) in [7, 11) is 0. The lowest BCUT2D eigenvalue weighted by atomic mass is 9.91. The number of carbonyl (C=O) groups is 1. The molecule has 1 aromatic heterocycles. The van der Waals surface area contributed by atoms with E-state index in [-0.39, 0.29) is 24.2 Å². The average molecular weight is 515 g/mol. The molecular weight excluding hydrogens is 481 g/mol. The van der Waals surface area contributed by atoms with Gasteiger partial charge < -0.3 is 15.1 Å². The summed E-state index contributed by atoms with van der Waals surface area (Å²) in [6.45, 7) is 9.29. The summed E-state index contributed by atoms with van der Waals surface area (Å²) >= 11 is 6.53. The highest BCUT2D eigenvalue weighted by atomic mass is 35.5. The van der Waals surface area contributed by atoms with E-state index in [2.05, 4.69) is 47.4 Å². The Morgan fingerprint density at radius 2 is 1.66 bits per heavy atom. The number of piperazine rings is 1. The molecule has 2 aliphatic rings. The molecule has 5 rings (SSSR count). The van der Waals surface area contributed by atoms with Gasteiger partial charge in [-0.05, 0) is 69.1 Å². The molecule has 1 N–H and O–H groups in total. The maximum Gasteiger partial charge on any atom is 0.257 e. The summed E-state index contributed by atoms with van der Waals surface area (Å²) in [6.07, 6.45) is 3.72. The number of aromatic nitrogens is 2. The Morgan fingerprint density at radius 1 is 0.971 bits per heavy atom. The van der Waals surface area contributed by atoms with Crippen molar-refractivity contribution in [1.82, 2.24) is 20.0 Å². The summed E-state index contributed by atoms with van der Waals surface area (Å²) in [6, 6.07) is 14.2. The Morgan fingerprint density at radius 3 is 2.37 bits per heavy atom. The Hall–Kier alpha value is -2.54. The van der Waals surface area contributed by atoms with Crippen molar-refractivity contribution in [3.63, 3.8) is 0 Å². The lowest BCUT2D eigenvalue weighted by molar-refractivity contribution is 0.0744. The van der Waals surface area contributed by atoms with E-state index in [1.807, 2.05) is 33.8 Å². The smallest absolute Gasteiger partial charge is 0.257 e. The fourth-order valence-corrected chi connectivity index (χ4v) is 5.44. The number of nitrogens with zero attached hydrogens (tertiary/aromatic N) is 4. The summed E-state index contributed by atoms with van der Waals surface area (Å²) in [5, 5.41) is 8.75. The van der Waals surface area contributed by atoms with Crippen LogP contribution in [0.4, 0.5) is 5.69 Å². The number of benzene rings is 2. The molecule has 1 amide bonds. The first kappa shape index (κ1) is 25.5. The largest absolute Gasteiger partial charge is 0.368 e. The first-order valence-corrected chi connectivity index (χ1v) is 12.6. The van der Waals surface area contributed by atoms with Crippen LogP contribution in [0.2, 0.25) is 5.02 Å². The lowest BCUT2D eigenvalue weighted by Crippen LogP contribution is -2.49. The minimum Gasteiger partial charge on any atom is -0.368 e. The second-order valence-corrected chi connectivity index (χ2v) is 9.74. The minimum atomic E-state index is 0. The van der Waals surface area contributed by atoms with Gasteiger partial charge in [-0.2, -0.15) is 5.10 Å². The van der Waals surface area contributed by atoms with Gasteiger partial charge in [-0.25, -0.2) is 4.68 Å². The number of rotatable bonds is 4. The summed E-state index contributed by atoms with van der Waals surface area (Å²) < 4.78 is 1.90. The van der Waals surface area contributed by atoms with Gasteiger partial charge in [0.2, 0.25) is 0 Å². The van der Waals surface area contributed by atoms with Gasteiger partial charge in [0.1, 0.15) is 0 Å². The number of hydrogen-bond donors (Lipinski definition) is 1. The first-order valence-electron chi connectivity index (χ1n) is 12.2. The first-order chi connectivity index (χ1) is 16.5. The Bertz CT molecular complexity index is 1180. The van der Waals surface area contributed by atoms with Crippen LogP contribution < -0.4 is 10.2 Å². The standard InChI is InChI=1S/C27H32ClN5O.ClH/c1-19-6-5-9-24(20(19)2)31-14-16-32(17-15-31)27(34)22-18-30-33(25-8-4-3-7-23(25)28)26(22)21-10-12-29-13-11-21;/h3-9,18,21,29H,10-17H2,1-2H3;1H. The Kier molecular flexibility index (Phi) is 8.05. The molecule has 186 valence electrons. The highest BCUT2D eigenvalue weighted by Crippen LogP contribution is 2.33. The number of amides is 1. The van der Waals surface area contributed by atoms with Gasteiger partial charge >= 0.3 is 0 Å². The maximum absolute atomic E-state index is 13.8. The quantitative estimate of drug-likeness (QED) is 0.533. The van der Waals surface area contributed by atoms with E-state index in [4.69, 9.17) is 11.6 Å². The molecular formula is C27H33Cl2N5O. The van der Waals surface area contributed by atoms with Gasteiger partial charge in [-0.15, -0.1) is 12.4 Å². The van der Waals surface area contributed by atoms with E-state index in [0.717, 1.165) is 50.4 Å². The summed E-state index contributed by atoms with van der Waals surface area (Å²) in [5.41, 5.74) is 6.43. The zero-order chi connectivity index (χ0) is 23.7. The predicted molar refractivity (Wildman–Crippen MR) is 145 cm³/mol. The highest BCUT2D eigenvalue weighted by molar-refractivity contribution is 6.32. The molecule has 2 fully saturated rings. The van der Waals surface area contributed by atoms with Crippen molar-refractivity contribution in [3.05, 3.63) is 76.1 Å². The molecule has 3 heterocycles. The molecule has 35 heavy (non-hydrogen) atoms. The SMILES string of the molecule is Cc1cccc(N2CCN(C(=O)c3cnn(-c4ccccc4Cl)c3C3CCNCC3)CC2)c1C.Cl. The van der Waals surface area contributed by atoms with Crippen molar-refractivity contribution in [1.29, 1.82) is 0 Å². The van der Waals surface area contributed by atoms with E-state index in [1.54, 1.807) is 6.20 Å². The third-order valence-electron chi connectivity index (χ3n) is 7.33. The zero-order valence-electron chi connectivity index (χ0n) is 20.3. The van der Waals surface area contributed by atoms with Crippen LogP contribution in [0.15, 0.2) is 48.7 Å². The minimum absolute atomic E-state index is 0. The van der Waals surface area contributed by atoms with Crippen molar-refractivity contribution in [2.24, 2.45) is 0 Å². The summed E-state index contributed by atoms with van der Waals surface area (Å²) in [5.74, 6) is 0.350. The highest BCUT2D eigenvalue weighted by Gasteiger charge is 2.31. The average Bonchev–Trinajstić information content (AvgIpc) is 3.31. The molecule has 0 radical (unpaired) electrons. The second kappa shape index (κ2) is 11.0. The Labute approximate surface area is 218 Å². The van der Waals surface area contributed by atoms with Crippen molar-refractivity contribution >= 4 is 35.6 Å². The maximum atomic E-state index is 13.8. The van der Waals surface area contributed by atoms with Gasteiger partial charge in [0.05, 0.1) is 28.2 Å². The number of aryl methyl sites for hydroxylation is 1. The molecule has 8 heteroatoms. The monoisotopic (exact) mass is 513 g/mol.